The summed E-state index contributed by atoms with van der Waals surface area (Å²) in [4.78, 5) is 0. The standard InChI is InChI=1S/C16H22BrN/c1-11(16-9-13-2-5-14(16)8-13)18-10-12-3-6-15(17)7-4-12/h3-4,6-7,11,13-14,16,18H,2,5,8-10H2,1H3/t11-,13-,14-,16-/m1/s1. The van der Waals surface area contributed by atoms with Gasteiger partial charge in [-0.1, -0.05) is 34.5 Å². The van der Waals surface area contributed by atoms with E-state index in [1.807, 2.05) is 0 Å². The van der Waals surface area contributed by atoms with E-state index >= 15 is 0 Å². The Labute approximate surface area is 118 Å². The highest BCUT2D eigenvalue weighted by molar-refractivity contribution is 9.10. The van der Waals surface area contributed by atoms with Gasteiger partial charge in [0.2, 0.25) is 0 Å². The number of nitrogens with one attached hydrogen (secondary N) is 1. The van der Waals surface area contributed by atoms with Crippen LogP contribution in [0.15, 0.2) is 28.7 Å². The summed E-state index contributed by atoms with van der Waals surface area (Å²) < 4.78 is 1.16. The third-order valence-electron chi connectivity index (χ3n) is 4.98. The second kappa shape index (κ2) is 5.34. The normalized spacial score (nSPS) is 31.8. The quantitative estimate of drug-likeness (QED) is 0.871. The van der Waals surface area contributed by atoms with Gasteiger partial charge >= 0.3 is 0 Å². The number of hydrogen-bond acceptors (Lipinski definition) is 1. The monoisotopic (exact) mass is 307 g/mol. The second-order valence-electron chi connectivity index (χ2n) is 6.13. The molecule has 2 aliphatic rings. The van der Waals surface area contributed by atoms with Crippen LogP contribution in [-0.2, 0) is 6.54 Å². The zero-order valence-electron chi connectivity index (χ0n) is 11.0. The lowest BCUT2D eigenvalue weighted by Crippen LogP contribution is -2.35. The molecule has 0 amide bonds. The lowest BCUT2D eigenvalue weighted by molar-refractivity contribution is 0.259. The van der Waals surface area contributed by atoms with Crippen LogP contribution in [0.1, 0.15) is 38.2 Å². The maximum Gasteiger partial charge on any atom is 0.0208 e. The first-order chi connectivity index (χ1) is 8.72. The van der Waals surface area contributed by atoms with Crippen molar-refractivity contribution >= 4 is 15.9 Å². The molecule has 0 radical (unpaired) electrons. The molecule has 0 heterocycles. The van der Waals surface area contributed by atoms with Gasteiger partial charge in [-0.3, -0.25) is 0 Å². The molecular weight excluding hydrogens is 286 g/mol. The molecule has 0 spiro atoms. The summed E-state index contributed by atoms with van der Waals surface area (Å²) in [5, 5.41) is 3.73. The van der Waals surface area contributed by atoms with Crippen molar-refractivity contribution in [3.05, 3.63) is 34.3 Å². The molecule has 0 aliphatic heterocycles. The van der Waals surface area contributed by atoms with Crippen molar-refractivity contribution in [1.82, 2.24) is 5.32 Å². The average molecular weight is 308 g/mol. The van der Waals surface area contributed by atoms with E-state index in [0.29, 0.717) is 6.04 Å². The van der Waals surface area contributed by atoms with Crippen LogP contribution in [0.25, 0.3) is 0 Å². The molecule has 1 aromatic rings. The topological polar surface area (TPSA) is 12.0 Å². The Morgan fingerprint density at radius 1 is 1.22 bits per heavy atom. The molecule has 3 rings (SSSR count). The lowest BCUT2D eigenvalue weighted by atomic mass is 9.84. The Hall–Kier alpha value is -0.340. The van der Waals surface area contributed by atoms with Gasteiger partial charge in [0.1, 0.15) is 0 Å². The predicted octanol–water partition coefficient (Wildman–Crippen LogP) is 4.36. The lowest BCUT2D eigenvalue weighted by Gasteiger charge is -2.28. The summed E-state index contributed by atoms with van der Waals surface area (Å²) in [6.07, 6.45) is 5.97. The first kappa shape index (κ1) is 12.7. The third-order valence-corrected chi connectivity index (χ3v) is 5.51. The van der Waals surface area contributed by atoms with Gasteiger partial charge in [0.15, 0.2) is 0 Å². The fraction of sp³-hybridized carbons (Fsp3) is 0.625. The van der Waals surface area contributed by atoms with Gasteiger partial charge < -0.3 is 5.32 Å². The van der Waals surface area contributed by atoms with E-state index in [0.717, 1.165) is 28.8 Å². The first-order valence-electron chi connectivity index (χ1n) is 7.20. The van der Waals surface area contributed by atoms with Crippen LogP contribution in [-0.4, -0.2) is 6.04 Å². The van der Waals surface area contributed by atoms with Crippen molar-refractivity contribution in [2.24, 2.45) is 17.8 Å². The summed E-state index contributed by atoms with van der Waals surface area (Å²) in [6, 6.07) is 9.32. The van der Waals surface area contributed by atoms with E-state index in [1.165, 1.54) is 31.2 Å². The van der Waals surface area contributed by atoms with Gasteiger partial charge in [0.25, 0.3) is 0 Å². The summed E-state index contributed by atoms with van der Waals surface area (Å²) in [5.41, 5.74) is 1.38. The number of rotatable bonds is 4. The molecule has 4 atom stereocenters. The number of fused-ring (bicyclic) bond motifs is 2. The molecule has 1 N–H and O–H groups in total. The number of hydrogen-bond donors (Lipinski definition) is 1. The maximum atomic E-state index is 3.73. The third kappa shape index (κ3) is 2.65. The highest BCUT2D eigenvalue weighted by Gasteiger charge is 2.41. The number of halogens is 1. The van der Waals surface area contributed by atoms with E-state index in [1.54, 1.807) is 0 Å². The zero-order valence-corrected chi connectivity index (χ0v) is 12.6. The molecule has 18 heavy (non-hydrogen) atoms. The van der Waals surface area contributed by atoms with Crippen molar-refractivity contribution < 1.29 is 0 Å². The van der Waals surface area contributed by atoms with Crippen molar-refractivity contribution in [3.63, 3.8) is 0 Å². The number of benzene rings is 1. The van der Waals surface area contributed by atoms with E-state index in [4.69, 9.17) is 0 Å². The van der Waals surface area contributed by atoms with Crippen LogP contribution in [0, 0.1) is 17.8 Å². The van der Waals surface area contributed by atoms with Gasteiger partial charge in [0.05, 0.1) is 0 Å². The van der Waals surface area contributed by atoms with Crippen molar-refractivity contribution in [1.29, 1.82) is 0 Å². The van der Waals surface area contributed by atoms with Crippen LogP contribution in [0.5, 0.6) is 0 Å². The van der Waals surface area contributed by atoms with Crippen LogP contribution in [0.2, 0.25) is 0 Å². The van der Waals surface area contributed by atoms with Crippen molar-refractivity contribution in [3.8, 4) is 0 Å². The minimum atomic E-state index is 0.670. The fourth-order valence-corrected chi connectivity index (χ4v) is 4.20. The van der Waals surface area contributed by atoms with Crippen molar-refractivity contribution in [2.75, 3.05) is 0 Å². The van der Waals surface area contributed by atoms with Gasteiger partial charge in [-0.2, -0.15) is 0 Å². The highest BCUT2D eigenvalue weighted by atomic mass is 79.9. The molecule has 2 bridgehead atoms. The minimum absolute atomic E-state index is 0.670. The van der Waals surface area contributed by atoms with Crippen LogP contribution in [0.3, 0.4) is 0 Å². The summed E-state index contributed by atoms with van der Waals surface area (Å²) >= 11 is 3.48. The van der Waals surface area contributed by atoms with E-state index < -0.39 is 0 Å². The zero-order chi connectivity index (χ0) is 12.5. The molecule has 1 aromatic carbocycles. The van der Waals surface area contributed by atoms with Crippen LogP contribution < -0.4 is 5.32 Å². The van der Waals surface area contributed by atoms with Gasteiger partial charge in [-0.15, -0.1) is 0 Å². The van der Waals surface area contributed by atoms with Gasteiger partial charge in [-0.25, -0.2) is 0 Å². The Morgan fingerprint density at radius 2 is 2.00 bits per heavy atom. The first-order valence-corrected chi connectivity index (χ1v) is 7.99. The van der Waals surface area contributed by atoms with E-state index in [2.05, 4.69) is 52.4 Å². The second-order valence-corrected chi connectivity index (χ2v) is 7.05. The Balaban J connectivity index is 1.52. The summed E-state index contributed by atoms with van der Waals surface area (Å²) in [7, 11) is 0. The Bertz CT molecular complexity index is 400. The van der Waals surface area contributed by atoms with Gasteiger partial charge in [-0.05, 0) is 61.6 Å². The maximum absolute atomic E-state index is 3.73. The summed E-state index contributed by atoms with van der Waals surface area (Å²) in [5.74, 6) is 3.00. The SMILES string of the molecule is C[C@@H](NCc1ccc(Br)cc1)[C@H]1C[C@@H]2CC[C@@H]1C2. The molecule has 0 aromatic heterocycles. The van der Waals surface area contributed by atoms with Crippen LogP contribution in [0.4, 0.5) is 0 Å². The molecule has 2 aliphatic carbocycles. The predicted molar refractivity (Wildman–Crippen MR) is 79.4 cm³/mol. The largest absolute Gasteiger partial charge is 0.310 e. The van der Waals surface area contributed by atoms with Gasteiger partial charge in [0, 0.05) is 17.1 Å². The fourth-order valence-electron chi connectivity index (χ4n) is 3.94. The van der Waals surface area contributed by atoms with Crippen molar-refractivity contribution in [2.45, 2.75) is 45.2 Å². The molecule has 2 heteroatoms. The Morgan fingerprint density at radius 3 is 2.61 bits per heavy atom. The molecule has 2 fully saturated rings. The molecule has 98 valence electrons. The Kier molecular flexibility index (Phi) is 3.76. The van der Waals surface area contributed by atoms with Crippen LogP contribution >= 0.6 is 15.9 Å². The minimum Gasteiger partial charge on any atom is -0.310 e. The van der Waals surface area contributed by atoms with E-state index in [-0.39, 0.29) is 0 Å². The highest BCUT2D eigenvalue weighted by Crippen LogP contribution is 2.49. The molecule has 0 saturated heterocycles. The summed E-state index contributed by atoms with van der Waals surface area (Å²) in [6.45, 7) is 3.38. The molecule has 0 unspecified atom stereocenters. The molecule has 1 nitrogen and oxygen atoms in total. The molecule has 2 saturated carbocycles. The van der Waals surface area contributed by atoms with E-state index in [9.17, 15) is 0 Å². The average Bonchev–Trinajstić information content (AvgIpc) is 3.00. The smallest absolute Gasteiger partial charge is 0.0208 e. The molecular formula is C16H22BrN.